The first-order valence-electron chi connectivity index (χ1n) is 5.10. The summed E-state index contributed by atoms with van der Waals surface area (Å²) in [6.07, 6.45) is 2.72. The SMILES string of the molecule is C[C@@H]1C[C@@H](C)N1.C[C@H]1C[C@H](C)N1.Cl.Cl. The minimum atomic E-state index is 0. The van der Waals surface area contributed by atoms with Crippen molar-refractivity contribution < 1.29 is 0 Å². The molecule has 0 unspecified atom stereocenters. The zero-order chi connectivity index (χ0) is 9.14. The number of rotatable bonds is 0. The first-order chi connectivity index (χ1) is 5.58. The van der Waals surface area contributed by atoms with E-state index in [1.165, 1.54) is 12.8 Å². The van der Waals surface area contributed by atoms with Crippen LogP contribution in [0.5, 0.6) is 0 Å². The molecule has 0 bridgehead atoms. The summed E-state index contributed by atoms with van der Waals surface area (Å²) in [5.41, 5.74) is 0. The van der Waals surface area contributed by atoms with Gasteiger partial charge in [-0.15, -0.1) is 24.8 Å². The molecule has 88 valence electrons. The molecule has 2 fully saturated rings. The lowest BCUT2D eigenvalue weighted by Gasteiger charge is -2.31. The maximum atomic E-state index is 3.31. The largest absolute Gasteiger partial charge is 0.312 e. The Morgan fingerprint density at radius 1 is 0.643 bits per heavy atom. The molecule has 0 radical (unpaired) electrons. The van der Waals surface area contributed by atoms with Crippen LogP contribution in [0.3, 0.4) is 0 Å². The molecule has 4 heteroatoms. The van der Waals surface area contributed by atoms with Crippen molar-refractivity contribution in [1.29, 1.82) is 0 Å². The van der Waals surface area contributed by atoms with Gasteiger partial charge in [-0.3, -0.25) is 0 Å². The average molecular weight is 243 g/mol. The Hall–Kier alpha value is 0.500. The molecule has 14 heavy (non-hydrogen) atoms. The van der Waals surface area contributed by atoms with Crippen LogP contribution in [-0.4, -0.2) is 24.2 Å². The zero-order valence-electron chi connectivity index (χ0n) is 9.54. The number of halogens is 2. The second kappa shape index (κ2) is 7.75. The van der Waals surface area contributed by atoms with Gasteiger partial charge in [-0.25, -0.2) is 0 Å². The van der Waals surface area contributed by atoms with E-state index in [0.29, 0.717) is 0 Å². The van der Waals surface area contributed by atoms with Gasteiger partial charge in [0.2, 0.25) is 0 Å². The average Bonchev–Trinajstić information content (AvgIpc) is 1.84. The third-order valence-corrected chi connectivity index (χ3v) is 2.55. The highest BCUT2D eigenvalue weighted by Crippen LogP contribution is 2.08. The summed E-state index contributed by atoms with van der Waals surface area (Å²) in [6, 6.07) is 3.17. The molecular weight excluding hydrogens is 219 g/mol. The Morgan fingerprint density at radius 3 is 0.786 bits per heavy atom. The van der Waals surface area contributed by atoms with E-state index in [1.807, 2.05) is 0 Å². The smallest absolute Gasteiger partial charge is 0.00559 e. The fraction of sp³-hybridized carbons (Fsp3) is 1.00. The van der Waals surface area contributed by atoms with Crippen LogP contribution in [0.15, 0.2) is 0 Å². The number of nitrogens with one attached hydrogen (secondary N) is 2. The van der Waals surface area contributed by atoms with Gasteiger partial charge in [0.1, 0.15) is 0 Å². The maximum absolute atomic E-state index is 3.31. The highest BCUT2D eigenvalue weighted by Gasteiger charge is 2.18. The topological polar surface area (TPSA) is 24.1 Å². The summed E-state index contributed by atoms with van der Waals surface area (Å²) in [5, 5.41) is 6.61. The van der Waals surface area contributed by atoms with Crippen molar-refractivity contribution in [2.75, 3.05) is 0 Å². The Labute approximate surface area is 100 Å². The molecule has 0 amide bonds. The standard InChI is InChI=1S/2C5H11N.2ClH/c2*1-4-3-5(2)6-4;;/h2*4-6H,3H2,1-2H3;2*1H/t2*4-,5-;;/m10../s1. The molecule has 4 atom stereocenters. The fourth-order valence-electron chi connectivity index (χ4n) is 1.98. The monoisotopic (exact) mass is 242 g/mol. The van der Waals surface area contributed by atoms with Crippen molar-refractivity contribution in [3.63, 3.8) is 0 Å². The number of hydrogen-bond donors (Lipinski definition) is 2. The highest BCUT2D eigenvalue weighted by atomic mass is 35.5. The van der Waals surface area contributed by atoms with Crippen LogP contribution in [0.2, 0.25) is 0 Å². The van der Waals surface area contributed by atoms with Crippen molar-refractivity contribution >= 4 is 24.8 Å². The van der Waals surface area contributed by atoms with Crippen molar-refractivity contribution in [2.45, 2.75) is 64.7 Å². The molecule has 2 rings (SSSR count). The summed E-state index contributed by atoms with van der Waals surface area (Å²) in [7, 11) is 0. The molecule has 0 aromatic heterocycles. The van der Waals surface area contributed by atoms with Crippen molar-refractivity contribution in [2.24, 2.45) is 0 Å². The van der Waals surface area contributed by atoms with Gasteiger partial charge in [0.05, 0.1) is 0 Å². The van der Waals surface area contributed by atoms with E-state index in [2.05, 4.69) is 38.3 Å². The first-order valence-corrected chi connectivity index (χ1v) is 5.10. The second-order valence-corrected chi connectivity index (χ2v) is 4.41. The lowest BCUT2D eigenvalue weighted by Crippen LogP contribution is -2.48. The zero-order valence-corrected chi connectivity index (χ0v) is 11.2. The summed E-state index contributed by atoms with van der Waals surface area (Å²) >= 11 is 0. The van der Waals surface area contributed by atoms with Gasteiger partial charge < -0.3 is 10.6 Å². The third kappa shape index (κ3) is 6.07. The molecule has 0 aromatic rings. The summed E-state index contributed by atoms with van der Waals surface area (Å²) in [6.45, 7) is 8.83. The molecule has 0 saturated carbocycles. The summed E-state index contributed by atoms with van der Waals surface area (Å²) < 4.78 is 0. The van der Waals surface area contributed by atoms with Crippen LogP contribution in [0.25, 0.3) is 0 Å². The van der Waals surface area contributed by atoms with Crippen LogP contribution in [0, 0.1) is 0 Å². The Bertz CT molecular complexity index is 104. The van der Waals surface area contributed by atoms with Crippen LogP contribution < -0.4 is 10.6 Å². The Balaban J connectivity index is 0. The van der Waals surface area contributed by atoms with Crippen molar-refractivity contribution in [3.05, 3.63) is 0 Å². The molecular formula is C10H24Cl2N2. The quantitative estimate of drug-likeness (QED) is 0.682. The van der Waals surface area contributed by atoms with E-state index < -0.39 is 0 Å². The fourth-order valence-corrected chi connectivity index (χ4v) is 1.98. The van der Waals surface area contributed by atoms with Gasteiger partial charge in [0.15, 0.2) is 0 Å². The van der Waals surface area contributed by atoms with Crippen molar-refractivity contribution in [3.8, 4) is 0 Å². The Morgan fingerprint density at radius 2 is 0.786 bits per heavy atom. The van der Waals surface area contributed by atoms with Crippen LogP contribution >= 0.6 is 24.8 Å². The molecule has 2 aliphatic rings. The molecule has 2 nitrogen and oxygen atoms in total. The molecule has 2 saturated heterocycles. The minimum absolute atomic E-state index is 0. The second-order valence-electron chi connectivity index (χ2n) is 4.41. The maximum Gasteiger partial charge on any atom is 0.00559 e. The first kappa shape index (κ1) is 16.9. The van der Waals surface area contributed by atoms with Gasteiger partial charge in [-0.05, 0) is 40.5 Å². The van der Waals surface area contributed by atoms with E-state index in [4.69, 9.17) is 0 Å². The molecule has 2 aliphatic heterocycles. The lowest BCUT2D eigenvalue weighted by molar-refractivity contribution is 0.302. The highest BCUT2D eigenvalue weighted by molar-refractivity contribution is 5.85. The van der Waals surface area contributed by atoms with Crippen LogP contribution in [0.4, 0.5) is 0 Å². The van der Waals surface area contributed by atoms with E-state index in [-0.39, 0.29) is 24.8 Å². The summed E-state index contributed by atoms with van der Waals surface area (Å²) in [5.74, 6) is 0. The van der Waals surface area contributed by atoms with Gasteiger partial charge in [-0.1, -0.05) is 0 Å². The van der Waals surface area contributed by atoms with E-state index in [0.717, 1.165) is 24.2 Å². The van der Waals surface area contributed by atoms with Gasteiger partial charge in [0, 0.05) is 24.2 Å². The van der Waals surface area contributed by atoms with E-state index in [9.17, 15) is 0 Å². The van der Waals surface area contributed by atoms with Crippen molar-refractivity contribution in [1.82, 2.24) is 10.6 Å². The Kier molecular flexibility index (Phi) is 9.36. The van der Waals surface area contributed by atoms with Gasteiger partial charge >= 0.3 is 0 Å². The molecule has 0 aliphatic carbocycles. The van der Waals surface area contributed by atoms with Gasteiger partial charge in [0.25, 0.3) is 0 Å². The van der Waals surface area contributed by atoms with Gasteiger partial charge in [-0.2, -0.15) is 0 Å². The lowest BCUT2D eigenvalue weighted by atomic mass is 10.0. The van der Waals surface area contributed by atoms with E-state index in [1.54, 1.807) is 0 Å². The number of hydrogen-bond acceptors (Lipinski definition) is 2. The molecule has 0 spiro atoms. The molecule has 0 aromatic carbocycles. The van der Waals surface area contributed by atoms with Crippen LogP contribution in [-0.2, 0) is 0 Å². The minimum Gasteiger partial charge on any atom is -0.312 e. The van der Waals surface area contributed by atoms with E-state index >= 15 is 0 Å². The molecule has 2 N–H and O–H groups in total. The third-order valence-electron chi connectivity index (χ3n) is 2.55. The predicted octanol–water partition coefficient (Wildman–Crippen LogP) is 2.36. The summed E-state index contributed by atoms with van der Waals surface area (Å²) in [4.78, 5) is 0. The molecule has 2 heterocycles. The van der Waals surface area contributed by atoms with Crippen LogP contribution in [0.1, 0.15) is 40.5 Å². The normalized spacial score (nSPS) is 38.6. The predicted molar refractivity (Wildman–Crippen MR) is 67.8 cm³/mol.